The molecule has 2 aromatic heterocycles. The third kappa shape index (κ3) is 4.16. The number of amides is 2. The molecule has 142 valence electrons. The van der Waals surface area contributed by atoms with E-state index in [9.17, 15) is 4.79 Å². The van der Waals surface area contributed by atoms with Gasteiger partial charge in [0.15, 0.2) is 0 Å². The van der Waals surface area contributed by atoms with Crippen molar-refractivity contribution < 1.29 is 4.79 Å². The Morgan fingerprint density at radius 1 is 1.21 bits per heavy atom. The number of nitrogens with one attached hydrogen (secondary N) is 1. The molecule has 4 aromatic rings. The van der Waals surface area contributed by atoms with E-state index in [1.807, 2.05) is 54.7 Å². The van der Waals surface area contributed by atoms with E-state index in [-0.39, 0.29) is 6.03 Å². The van der Waals surface area contributed by atoms with Crippen LogP contribution in [0.4, 0.5) is 4.79 Å². The quantitative estimate of drug-likeness (QED) is 0.526. The smallest absolute Gasteiger partial charge is 0.317 e. The van der Waals surface area contributed by atoms with E-state index in [0.717, 1.165) is 26.5 Å². The number of rotatable bonds is 5. The topological polar surface area (TPSA) is 63.1 Å². The highest BCUT2D eigenvalue weighted by Crippen LogP contribution is 2.22. The van der Waals surface area contributed by atoms with Gasteiger partial charge in [0.1, 0.15) is 5.01 Å². The Morgan fingerprint density at radius 3 is 2.79 bits per heavy atom. The van der Waals surface area contributed by atoms with Gasteiger partial charge in [-0.1, -0.05) is 23.7 Å². The lowest BCUT2D eigenvalue weighted by Crippen LogP contribution is -2.36. The molecule has 6 nitrogen and oxygen atoms in total. The van der Waals surface area contributed by atoms with E-state index in [0.29, 0.717) is 18.1 Å². The van der Waals surface area contributed by atoms with E-state index in [2.05, 4.69) is 15.4 Å². The first-order valence-electron chi connectivity index (χ1n) is 8.71. The lowest BCUT2D eigenvalue weighted by Gasteiger charge is -2.16. The maximum Gasteiger partial charge on any atom is 0.317 e. The van der Waals surface area contributed by atoms with Gasteiger partial charge in [-0.3, -0.25) is 0 Å². The Bertz CT molecular complexity index is 1070. The van der Waals surface area contributed by atoms with Crippen LogP contribution >= 0.6 is 22.9 Å². The maximum atomic E-state index is 12.4. The molecule has 1 N–H and O–H groups in total. The molecule has 0 saturated heterocycles. The standard InChI is InChI=1S/C20H18ClN5OS/c1-25(13-19-24-17-4-2-3-5-18(17)28-19)20(27)22-10-14-11-23-26(12-14)16-8-6-15(21)7-9-16/h2-9,11-12H,10,13H2,1H3,(H,22,27). The molecule has 4 rings (SSSR count). The van der Waals surface area contributed by atoms with Crippen LogP contribution in [0.3, 0.4) is 0 Å². The van der Waals surface area contributed by atoms with Crippen LogP contribution in [0.25, 0.3) is 15.9 Å². The van der Waals surface area contributed by atoms with Crippen molar-refractivity contribution in [3.05, 3.63) is 76.5 Å². The summed E-state index contributed by atoms with van der Waals surface area (Å²) >= 11 is 7.52. The van der Waals surface area contributed by atoms with Gasteiger partial charge < -0.3 is 10.2 Å². The van der Waals surface area contributed by atoms with Crippen molar-refractivity contribution in [1.82, 2.24) is 25.0 Å². The summed E-state index contributed by atoms with van der Waals surface area (Å²) in [6, 6.07) is 15.2. The first-order valence-corrected chi connectivity index (χ1v) is 9.91. The number of fused-ring (bicyclic) bond motifs is 1. The first kappa shape index (κ1) is 18.5. The fourth-order valence-electron chi connectivity index (χ4n) is 2.76. The van der Waals surface area contributed by atoms with Gasteiger partial charge in [0.2, 0.25) is 0 Å². The van der Waals surface area contributed by atoms with Gasteiger partial charge >= 0.3 is 6.03 Å². The predicted molar refractivity (Wildman–Crippen MR) is 112 cm³/mol. The number of halogens is 1. The minimum Gasteiger partial charge on any atom is -0.334 e. The van der Waals surface area contributed by atoms with Crippen molar-refractivity contribution in [1.29, 1.82) is 0 Å². The van der Waals surface area contributed by atoms with Crippen molar-refractivity contribution in [3.8, 4) is 5.69 Å². The third-order valence-corrected chi connectivity index (χ3v) is 5.50. The monoisotopic (exact) mass is 411 g/mol. The zero-order chi connectivity index (χ0) is 19.5. The molecule has 0 unspecified atom stereocenters. The lowest BCUT2D eigenvalue weighted by atomic mass is 10.3. The molecule has 0 radical (unpaired) electrons. The van der Waals surface area contributed by atoms with Gasteiger partial charge in [-0.15, -0.1) is 11.3 Å². The average molecular weight is 412 g/mol. The molecule has 8 heteroatoms. The number of para-hydroxylation sites is 1. The number of benzene rings is 2. The first-order chi connectivity index (χ1) is 13.6. The molecule has 2 amide bonds. The minimum absolute atomic E-state index is 0.154. The number of nitrogens with zero attached hydrogens (tertiary/aromatic N) is 4. The average Bonchev–Trinajstić information content (AvgIpc) is 3.33. The zero-order valence-corrected chi connectivity index (χ0v) is 16.7. The van der Waals surface area contributed by atoms with Gasteiger partial charge in [-0.05, 0) is 36.4 Å². The van der Waals surface area contributed by atoms with E-state index < -0.39 is 0 Å². The summed E-state index contributed by atoms with van der Waals surface area (Å²) < 4.78 is 2.88. The molecule has 0 aliphatic rings. The van der Waals surface area contributed by atoms with Crippen molar-refractivity contribution in [2.45, 2.75) is 13.1 Å². The summed E-state index contributed by atoms with van der Waals surface area (Å²) in [6.45, 7) is 0.867. The van der Waals surface area contributed by atoms with Crippen LogP contribution in [0.2, 0.25) is 5.02 Å². The lowest BCUT2D eigenvalue weighted by molar-refractivity contribution is 0.206. The van der Waals surface area contributed by atoms with Gasteiger partial charge in [0, 0.05) is 30.4 Å². The van der Waals surface area contributed by atoms with Crippen LogP contribution < -0.4 is 5.32 Å². The molecule has 0 bridgehead atoms. The van der Waals surface area contributed by atoms with Crippen molar-refractivity contribution in [3.63, 3.8) is 0 Å². The van der Waals surface area contributed by atoms with E-state index >= 15 is 0 Å². The number of hydrogen-bond acceptors (Lipinski definition) is 4. The highest BCUT2D eigenvalue weighted by atomic mass is 35.5. The summed E-state index contributed by atoms with van der Waals surface area (Å²) in [5.41, 5.74) is 2.79. The molecule has 2 aromatic carbocycles. The fraction of sp³-hybridized carbons (Fsp3) is 0.150. The number of carbonyl (C=O) groups is 1. The molecule has 0 aliphatic heterocycles. The fourth-order valence-corrected chi connectivity index (χ4v) is 3.91. The molecular weight excluding hydrogens is 394 g/mol. The highest BCUT2D eigenvalue weighted by Gasteiger charge is 2.12. The number of urea groups is 1. The summed E-state index contributed by atoms with van der Waals surface area (Å²) in [5.74, 6) is 0. The van der Waals surface area contributed by atoms with Crippen LogP contribution in [0.1, 0.15) is 10.6 Å². The highest BCUT2D eigenvalue weighted by molar-refractivity contribution is 7.18. The summed E-state index contributed by atoms with van der Waals surface area (Å²) in [5, 5.41) is 8.84. The molecule has 2 heterocycles. The zero-order valence-electron chi connectivity index (χ0n) is 15.2. The van der Waals surface area contributed by atoms with Crippen molar-refractivity contribution in [2.75, 3.05) is 7.05 Å². The minimum atomic E-state index is -0.154. The van der Waals surface area contributed by atoms with Crippen LogP contribution in [-0.4, -0.2) is 32.7 Å². The molecule has 0 aliphatic carbocycles. The van der Waals surface area contributed by atoms with E-state index in [4.69, 9.17) is 11.6 Å². The molecular formula is C20H18ClN5OS. The van der Waals surface area contributed by atoms with Gasteiger partial charge in [-0.2, -0.15) is 5.10 Å². The molecule has 0 saturated carbocycles. The number of hydrogen-bond donors (Lipinski definition) is 1. The second-order valence-corrected chi connectivity index (χ2v) is 7.91. The molecule has 28 heavy (non-hydrogen) atoms. The second-order valence-electron chi connectivity index (χ2n) is 6.36. The summed E-state index contributed by atoms with van der Waals surface area (Å²) in [7, 11) is 1.76. The largest absolute Gasteiger partial charge is 0.334 e. The Labute approximate surface area is 171 Å². The Morgan fingerprint density at radius 2 is 2.00 bits per heavy atom. The number of aromatic nitrogens is 3. The second kappa shape index (κ2) is 8.00. The number of thiazole rings is 1. The van der Waals surface area contributed by atoms with E-state index in [1.165, 1.54) is 0 Å². The molecule has 0 spiro atoms. The van der Waals surface area contributed by atoms with Gasteiger partial charge in [-0.25, -0.2) is 14.5 Å². The normalized spacial score (nSPS) is 10.9. The predicted octanol–water partition coefficient (Wildman–Crippen LogP) is 4.48. The van der Waals surface area contributed by atoms with Crippen LogP contribution in [0.15, 0.2) is 60.9 Å². The van der Waals surface area contributed by atoms with Gasteiger partial charge in [0.25, 0.3) is 0 Å². The third-order valence-electron chi connectivity index (χ3n) is 4.23. The van der Waals surface area contributed by atoms with Crippen molar-refractivity contribution >= 4 is 39.2 Å². The SMILES string of the molecule is CN(Cc1nc2ccccc2s1)C(=O)NCc1cnn(-c2ccc(Cl)cc2)c1. The summed E-state index contributed by atoms with van der Waals surface area (Å²) in [6.07, 6.45) is 3.62. The van der Waals surface area contributed by atoms with Gasteiger partial charge in [0.05, 0.1) is 28.6 Å². The van der Waals surface area contributed by atoms with Crippen LogP contribution in [-0.2, 0) is 13.1 Å². The van der Waals surface area contributed by atoms with E-state index in [1.54, 1.807) is 34.2 Å². The Hall–Kier alpha value is -2.90. The summed E-state index contributed by atoms with van der Waals surface area (Å²) in [4.78, 5) is 18.6. The van der Waals surface area contributed by atoms with Crippen molar-refractivity contribution in [2.24, 2.45) is 0 Å². The number of carbonyl (C=O) groups excluding carboxylic acids is 1. The Kier molecular flexibility index (Phi) is 5.27. The maximum absolute atomic E-state index is 12.4. The molecule has 0 atom stereocenters. The Balaban J connectivity index is 1.34. The molecule has 0 fully saturated rings. The van der Waals surface area contributed by atoms with Crippen LogP contribution in [0, 0.1) is 0 Å². The van der Waals surface area contributed by atoms with Crippen LogP contribution in [0.5, 0.6) is 0 Å².